The van der Waals surface area contributed by atoms with Gasteiger partial charge in [-0.1, -0.05) is 54.8 Å². The summed E-state index contributed by atoms with van der Waals surface area (Å²) < 4.78 is 2.11. The first kappa shape index (κ1) is 19.5. The first-order valence-corrected chi connectivity index (χ1v) is 11.4. The van der Waals surface area contributed by atoms with Gasteiger partial charge in [0, 0.05) is 16.3 Å². The van der Waals surface area contributed by atoms with Crippen molar-refractivity contribution in [1.82, 2.24) is 20.2 Å². The van der Waals surface area contributed by atoms with Crippen LogP contribution in [-0.4, -0.2) is 46.4 Å². The highest BCUT2D eigenvalue weighted by atomic mass is 35.5. The second kappa shape index (κ2) is 8.74. The monoisotopic (exact) mass is 423 g/mol. The van der Waals surface area contributed by atoms with Gasteiger partial charge in [0.1, 0.15) is 0 Å². The zero-order valence-electron chi connectivity index (χ0n) is 17.1. The number of hydrogen-bond acceptors (Lipinski definition) is 4. The van der Waals surface area contributed by atoms with Crippen LogP contribution in [0.15, 0.2) is 54.6 Å². The van der Waals surface area contributed by atoms with Gasteiger partial charge >= 0.3 is 0 Å². The lowest BCUT2D eigenvalue weighted by atomic mass is 10.0. The lowest BCUT2D eigenvalue weighted by Crippen LogP contribution is -3.15. The van der Waals surface area contributed by atoms with E-state index in [2.05, 4.69) is 67.6 Å². The van der Waals surface area contributed by atoms with Crippen molar-refractivity contribution in [2.45, 2.75) is 37.8 Å². The third-order valence-electron chi connectivity index (χ3n) is 6.59. The van der Waals surface area contributed by atoms with Crippen LogP contribution in [0.5, 0.6) is 0 Å². The van der Waals surface area contributed by atoms with Gasteiger partial charge in [-0.2, -0.15) is 0 Å². The van der Waals surface area contributed by atoms with Gasteiger partial charge < -0.3 is 9.80 Å². The van der Waals surface area contributed by atoms with Crippen LogP contribution < -0.4 is 9.80 Å². The molecule has 1 N–H and O–H groups in total. The van der Waals surface area contributed by atoms with E-state index in [1.165, 1.54) is 41.8 Å². The molecule has 1 aliphatic heterocycles. The van der Waals surface area contributed by atoms with Crippen molar-refractivity contribution < 1.29 is 4.90 Å². The Bertz CT molecular complexity index is 943. The summed E-state index contributed by atoms with van der Waals surface area (Å²) >= 11 is 6.19. The summed E-state index contributed by atoms with van der Waals surface area (Å²) in [5, 5.41) is 13.8. The average molecular weight is 424 g/mol. The third-order valence-corrected chi connectivity index (χ3v) is 6.84. The topological polar surface area (TPSA) is 51.3 Å². The smallest absolute Gasteiger partial charge is 0.214 e. The molecule has 0 amide bonds. The summed E-state index contributed by atoms with van der Waals surface area (Å²) in [5.74, 6) is 0.993. The maximum atomic E-state index is 6.19. The minimum absolute atomic E-state index is 0.121. The summed E-state index contributed by atoms with van der Waals surface area (Å²) in [6, 6.07) is 19.5. The van der Waals surface area contributed by atoms with Crippen LogP contribution in [0.3, 0.4) is 0 Å². The molecule has 30 heavy (non-hydrogen) atoms. The van der Waals surface area contributed by atoms with Gasteiger partial charge in [-0.05, 0) is 47.5 Å². The minimum Gasteiger partial charge on any atom is -0.360 e. The van der Waals surface area contributed by atoms with Crippen LogP contribution in [-0.2, 0) is 0 Å². The van der Waals surface area contributed by atoms with E-state index in [9.17, 15) is 0 Å². The van der Waals surface area contributed by atoms with E-state index in [0.717, 1.165) is 37.0 Å². The summed E-state index contributed by atoms with van der Waals surface area (Å²) in [4.78, 5) is 3.99. The number of halogens is 1. The fraction of sp³-hybridized carbons (Fsp3) is 0.435. The number of anilines is 1. The molecule has 6 nitrogen and oxygen atoms in total. The molecule has 0 unspecified atom stereocenters. The highest BCUT2D eigenvalue weighted by Crippen LogP contribution is 2.31. The average Bonchev–Trinajstić information content (AvgIpc) is 3.48. The standard InChI is InChI=1S/C23H27ClN6/c24-19-12-10-18(11-13-19)22(23-25-26-27-30(23)21-8-4-5-9-21)29-16-14-28(15-17-29)20-6-2-1-3-7-20/h1-3,6-7,10-13,21-22H,4-5,8-9,14-17H2/p+1/t22-/m1/s1. The van der Waals surface area contributed by atoms with Gasteiger partial charge in [0.15, 0.2) is 6.04 Å². The third kappa shape index (κ3) is 3.94. The van der Waals surface area contributed by atoms with Gasteiger partial charge in [-0.15, -0.1) is 5.10 Å². The second-order valence-corrected chi connectivity index (χ2v) is 8.82. The quantitative estimate of drug-likeness (QED) is 0.685. The number of piperazine rings is 1. The molecule has 2 aliphatic rings. The zero-order chi connectivity index (χ0) is 20.3. The van der Waals surface area contributed by atoms with Crippen molar-refractivity contribution in [3.8, 4) is 0 Å². The van der Waals surface area contributed by atoms with E-state index in [-0.39, 0.29) is 6.04 Å². The fourth-order valence-corrected chi connectivity index (χ4v) is 5.13. The van der Waals surface area contributed by atoms with Crippen molar-refractivity contribution in [3.05, 3.63) is 71.0 Å². The SMILES string of the molecule is Clc1ccc([C@H](c2nnnn2C2CCCC2)[NH+]2CCN(c3ccccc3)CC2)cc1. The van der Waals surface area contributed by atoms with Crippen molar-refractivity contribution in [3.63, 3.8) is 0 Å². The molecular formula is C23H28ClN6+. The summed E-state index contributed by atoms with van der Waals surface area (Å²) in [6.07, 6.45) is 4.86. The van der Waals surface area contributed by atoms with Gasteiger partial charge in [-0.25, -0.2) is 4.68 Å². The van der Waals surface area contributed by atoms with E-state index in [1.807, 2.05) is 12.1 Å². The maximum absolute atomic E-state index is 6.19. The second-order valence-electron chi connectivity index (χ2n) is 8.39. The number of para-hydroxylation sites is 1. The summed E-state index contributed by atoms with van der Waals surface area (Å²) in [5.41, 5.74) is 2.53. The normalized spacial score (nSPS) is 19.3. The molecule has 1 saturated heterocycles. The molecule has 2 fully saturated rings. The molecule has 1 saturated carbocycles. The van der Waals surface area contributed by atoms with Crippen LogP contribution >= 0.6 is 11.6 Å². The lowest BCUT2D eigenvalue weighted by molar-refractivity contribution is -0.927. The van der Waals surface area contributed by atoms with E-state index in [4.69, 9.17) is 11.6 Å². The molecular weight excluding hydrogens is 396 g/mol. The zero-order valence-corrected chi connectivity index (χ0v) is 17.9. The number of benzene rings is 2. The van der Waals surface area contributed by atoms with Gasteiger partial charge in [0.2, 0.25) is 5.82 Å². The van der Waals surface area contributed by atoms with Crippen molar-refractivity contribution in [2.75, 3.05) is 31.1 Å². The van der Waals surface area contributed by atoms with Crippen LogP contribution in [0, 0.1) is 0 Å². The highest BCUT2D eigenvalue weighted by Gasteiger charge is 2.36. The van der Waals surface area contributed by atoms with Gasteiger partial charge in [0.05, 0.1) is 32.2 Å². The Labute approximate surface area is 182 Å². The largest absolute Gasteiger partial charge is 0.360 e. The molecule has 2 aromatic carbocycles. The Morgan fingerprint density at radius 3 is 2.33 bits per heavy atom. The minimum atomic E-state index is 0.121. The number of hydrogen-bond donors (Lipinski definition) is 1. The van der Waals surface area contributed by atoms with Crippen molar-refractivity contribution >= 4 is 17.3 Å². The molecule has 1 aromatic heterocycles. The molecule has 1 atom stereocenters. The molecule has 0 bridgehead atoms. The van der Waals surface area contributed by atoms with Crippen molar-refractivity contribution in [1.29, 1.82) is 0 Å². The van der Waals surface area contributed by atoms with E-state index < -0.39 is 0 Å². The summed E-state index contributed by atoms with van der Waals surface area (Å²) in [7, 11) is 0. The predicted octanol–water partition coefficient (Wildman–Crippen LogP) is 2.94. The fourth-order valence-electron chi connectivity index (χ4n) is 5.00. The number of aromatic nitrogens is 4. The first-order chi connectivity index (χ1) is 14.8. The Hall–Kier alpha value is -2.44. The molecule has 0 spiro atoms. The Morgan fingerprint density at radius 1 is 0.933 bits per heavy atom. The Balaban J connectivity index is 1.43. The molecule has 156 valence electrons. The van der Waals surface area contributed by atoms with Gasteiger partial charge in [-0.3, -0.25) is 0 Å². The van der Waals surface area contributed by atoms with Crippen LogP contribution in [0.25, 0.3) is 0 Å². The Kier molecular flexibility index (Phi) is 5.69. The maximum Gasteiger partial charge on any atom is 0.214 e. The number of rotatable bonds is 5. The van der Waals surface area contributed by atoms with E-state index in [0.29, 0.717) is 6.04 Å². The number of quaternary nitrogens is 1. The molecule has 7 heteroatoms. The van der Waals surface area contributed by atoms with E-state index >= 15 is 0 Å². The van der Waals surface area contributed by atoms with Gasteiger partial charge in [0.25, 0.3) is 0 Å². The molecule has 0 radical (unpaired) electrons. The number of nitrogens with one attached hydrogen (secondary N) is 1. The molecule has 3 aromatic rings. The van der Waals surface area contributed by atoms with E-state index in [1.54, 1.807) is 0 Å². The highest BCUT2D eigenvalue weighted by molar-refractivity contribution is 6.30. The van der Waals surface area contributed by atoms with Crippen LogP contribution in [0.4, 0.5) is 5.69 Å². The van der Waals surface area contributed by atoms with Crippen molar-refractivity contribution in [2.24, 2.45) is 0 Å². The van der Waals surface area contributed by atoms with Crippen LogP contribution in [0.1, 0.15) is 49.2 Å². The molecule has 2 heterocycles. The summed E-state index contributed by atoms with van der Waals surface area (Å²) in [6.45, 7) is 4.13. The predicted molar refractivity (Wildman–Crippen MR) is 118 cm³/mol. The first-order valence-electron chi connectivity index (χ1n) is 11.0. The molecule has 1 aliphatic carbocycles. The number of nitrogens with zero attached hydrogens (tertiary/aromatic N) is 5. The lowest BCUT2D eigenvalue weighted by Gasteiger charge is -2.37. The Morgan fingerprint density at radius 2 is 1.63 bits per heavy atom. The molecule has 5 rings (SSSR count). The number of tetrazole rings is 1. The van der Waals surface area contributed by atoms with Crippen LogP contribution in [0.2, 0.25) is 5.02 Å².